The number of hydrogen-bond acceptors (Lipinski definition) is 3. The highest BCUT2D eigenvalue weighted by Crippen LogP contribution is 2.28. The highest BCUT2D eigenvalue weighted by atomic mass is 79.9. The first-order valence-corrected chi connectivity index (χ1v) is 6.59. The number of aromatic nitrogens is 1. The summed E-state index contributed by atoms with van der Waals surface area (Å²) < 4.78 is 32.9. The molecule has 0 aliphatic carbocycles. The van der Waals surface area contributed by atoms with Crippen molar-refractivity contribution in [2.75, 3.05) is 0 Å². The van der Waals surface area contributed by atoms with E-state index in [-0.39, 0.29) is 11.5 Å². The highest BCUT2D eigenvalue weighted by Gasteiger charge is 2.17. The Labute approximate surface area is 118 Å². The van der Waals surface area contributed by atoms with Gasteiger partial charge in [0.25, 0.3) is 0 Å². The first-order valence-electron chi connectivity index (χ1n) is 5.80. The van der Waals surface area contributed by atoms with E-state index in [2.05, 4.69) is 26.2 Å². The lowest BCUT2D eigenvalue weighted by molar-refractivity contribution is 0.538. The molecule has 6 heteroatoms. The summed E-state index contributed by atoms with van der Waals surface area (Å²) in [5.74, 6) is -1.47. The van der Waals surface area contributed by atoms with Crippen LogP contribution >= 0.6 is 15.9 Å². The van der Waals surface area contributed by atoms with E-state index in [1.165, 1.54) is 18.4 Å². The van der Waals surface area contributed by atoms with Gasteiger partial charge in [-0.2, -0.15) is 0 Å². The van der Waals surface area contributed by atoms with Crippen LogP contribution in [0.25, 0.3) is 11.5 Å². The summed E-state index contributed by atoms with van der Waals surface area (Å²) in [6, 6.07) is 2.64. The summed E-state index contributed by atoms with van der Waals surface area (Å²) in [5.41, 5.74) is 0.351. The van der Waals surface area contributed by atoms with E-state index in [4.69, 9.17) is 4.42 Å². The van der Waals surface area contributed by atoms with Gasteiger partial charge in [0, 0.05) is 17.1 Å². The number of nitrogens with one attached hydrogen (secondary N) is 1. The Morgan fingerprint density at radius 3 is 2.53 bits per heavy atom. The molecule has 19 heavy (non-hydrogen) atoms. The molecule has 102 valence electrons. The molecule has 0 spiro atoms. The fourth-order valence-corrected chi connectivity index (χ4v) is 1.96. The van der Waals surface area contributed by atoms with Crippen molar-refractivity contribution < 1.29 is 13.2 Å². The fraction of sp³-hybridized carbons (Fsp3) is 0.308. The van der Waals surface area contributed by atoms with E-state index in [1.54, 1.807) is 0 Å². The van der Waals surface area contributed by atoms with Crippen molar-refractivity contribution in [3.63, 3.8) is 0 Å². The van der Waals surface area contributed by atoms with Gasteiger partial charge in [0.15, 0.2) is 0 Å². The lowest BCUT2D eigenvalue weighted by Gasteiger charge is -2.04. The van der Waals surface area contributed by atoms with E-state index in [0.717, 1.165) is 0 Å². The molecule has 0 saturated carbocycles. The summed E-state index contributed by atoms with van der Waals surface area (Å²) in [4.78, 5) is 4.08. The van der Waals surface area contributed by atoms with Crippen LogP contribution in [0.2, 0.25) is 0 Å². The maximum Gasteiger partial charge on any atom is 0.232 e. The largest absolute Gasteiger partial charge is 0.444 e. The zero-order valence-electron chi connectivity index (χ0n) is 10.5. The van der Waals surface area contributed by atoms with Gasteiger partial charge in [0.05, 0.1) is 5.69 Å². The first-order chi connectivity index (χ1) is 8.97. The third-order valence-corrected chi connectivity index (χ3v) is 2.92. The number of halogens is 3. The summed E-state index contributed by atoms with van der Waals surface area (Å²) in [7, 11) is 0. The van der Waals surface area contributed by atoms with Crippen molar-refractivity contribution in [3.8, 4) is 11.5 Å². The molecule has 0 bridgehead atoms. The van der Waals surface area contributed by atoms with Gasteiger partial charge in [-0.05, 0) is 12.1 Å². The summed E-state index contributed by atoms with van der Waals surface area (Å²) in [5, 5.41) is 3.15. The molecule has 0 saturated heterocycles. The molecule has 1 heterocycles. The molecule has 0 atom stereocenters. The Hall–Kier alpha value is -1.27. The molecule has 1 N–H and O–H groups in total. The van der Waals surface area contributed by atoms with Crippen LogP contribution in [0.1, 0.15) is 19.5 Å². The monoisotopic (exact) mass is 330 g/mol. The number of oxazole rings is 1. The van der Waals surface area contributed by atoms with Crippen molar-refractivity contribution in [1.82, 2.24) is 10.3 Å². The second kappa shape index (κ2) is 5.79. The van der Waals surface area contributed by atoms with Crippen LogP contribution in [0.4, 0.5) is 8.78 Å². The highest BCUT2D eigenvalue weighted by molar-refractivity contribution is 9.10. The predicted octanol–water partition coefficient (Wildman–Crippen LogP) is 3.88. The van der Waals surface area contributed by atoms with Crippen molar-refractivity contribution in [3.05, 3.63) is 40.2 Å². The molecule has 1 aromatic heterocycles. The molecule has 0 unspecified atom stereocenters. The maximum atomic E-state index is 13.7. The van der Waals surface area contributed by atoms with Gasteiger partial charge >= 0.3 is 0 Å². The van der Waals surface area contributed by atoms with Crippen LogP contribution in [0.3, 0.4) is 0 Å². The van der Waals surface area contributed by atoms with Gasteiger partial charge in [-0.25, -0.2) is 13.8 Å². The van der Waals surface area contributed by atoms with Crippen molar-refractivity contribution in [1.29, 1.82) is 0 Å². The zero-order chi connectivity index (χ0) is 14.0. The second-order valence-corrected chi connectivity index (χ2v) is 5.34. The Balaban J connectivity index is 2.28. The molecule has 0 fully saturated rings. The molecule has 1 aromatic carbocycles. The third kappa shape index (κ3) is 3.39. The third-order valence-electron chi connectivity index (χ3n) is 2.46. The average Bonchev–Trinajstić information content (AvgIpc) is 2.73. The number of nitrogens with zero attached hydrogens (tertiary/aromatic N) is 1. The van der Waals surface area contributed by atoms with E-state index < -0.39 is 11.6 Å². The molecular formula is C13H13BrF2N2O. The minimum atomic E-state index is -0.711. The number of benzene rings is 1. The molecule has 3 nitrogen and oxygen atoms in total. The number of hydrogen-bond donors (Lipinski definition) is 1. The lowest BCUT2D eigenvalue weighted by Crippen LogP contribution is -2.21. The molecule has 0 aliphatic heterocycles. The molecule has 2 rings (SSSR count). The second-order valence-electron chi connectivity index (χ2n) is 4.42. The van der Waals surface area contributed by atoms with E-state index in [9.17, 15) is 8.78 Å². The van der Waals surface area contributed by atoms with Crippen LogP contribution in [-0.2, 0) is 6.54 Å². The van der Waals surface area contributed by atoms with Gasteiger partial charge in [-0.3, -0.25) is 0 Å². The Bertz CT molecular complexity index is 561. The van der Waals surface area contributed by atoms with Gasteiger partial charge in [0.1, 0.15) is 23.5 Å². The molecular weight excluding hydrogens is 318 g/mol. The Morgan fingerprint density at radius 2 is 1.95 bits per heavy atom. The minimum absolute atomic E-state index is 0.0527. The summed E-state index contributed by atoms with van der Waals surface area (Å²) >= 11 is 3.02. The Kier molecular flexibility index (Phi) is 4.31. The topological polar surface area (TPSA) is 38.1 Å². The van der Waals surface area contributed by atoms with Crippen molar-refractivity contribution in [2.45, 2.75) is 26.4 Å². The van der Waals surface area contributed by atoms with Crippen LogP contribution in [0.15, 0.2) is 27.3 Å². The molecule has 0 radical (unpaired) electrons. The smallest absolute Gasteiger partial charge is 0.232 e. The minimum Gasteiger partial charge on any atom is -0.444 e. The van der Waals surface area contributed by atoms with Crippen LogP contribution in [0, 0.1) is 11.6 Å². The molecule has 2 aromatic rings. The van der Waals surface area contributed by atoms with Crippen molar-refractivity contribution >= 4 is 15.9 Å². The van der Waals surface area contributed by atoms with E-state index in [0.29, 0.717) is 22.8 Å². The quantitative estimate of drug-likeness (QED) is 0.924. The van der Waals surface area contributed by atoms with Gasteiger partial charge in [-0.15, -0.1) is 0 Å². The van der Waals surface area contributed by atoms with Crippen LogP contribution in [0.5, 0.6) is 0 Å². The molecule has 0 amide bonds. The van der Waals surface area contributed by atoms with Crippen LogP contribution in [-0.4, -0.2) is 11.0 Å². The SMILES string of the molecule is CC(C)NCc1coc(-c2c(F)cc(Br)cc2F)n1. The van der Waals surface area contributed by atoms with E-state index in [1.807, 2.05) is 13.8 Å². The summed E-state index contributed by atoms with van der Waals surface area (Å²) in [6.07, 6.45) is 1.39. The van der Waals surface area contributed by atoms with Gasteiger partial charge in [0.2, 0.25) is 5.89 Å². The zero-order valence-corrected chi connectivity index (χ0v) is 12.1. The Morgan fingerprint density at radius 1 is 1.32 bits per heavy atom. The molecule has 0 aliphatic rings. The van der Waals surface area contributed by atoms with Gasteiger partial charge in [-0.1, -0.05) is 29.8 Å². The maximum absolute atomic E-state index is 13.7. The average molecular weight is 331 g/mol. The van der Waals surface area contributed by atoms with Gasteiger partial charge < -0.3 is 9.73 Å². The lowest BCUT2D eigenvalue weighted by atomic mass is 10.2. The predicted molar refractivity (Wildman–Crippen MR) is 71.5 cm³/mol. The van der Waals surface area contributed by atoms with E-state index >= 15 is 0 Å². The van der Waals surface area contributed by atoms with Crippen LogP contribution < -0.4 is 5.32 Å². The normalized spacial score (nSPS) is 11.3. The summed E-state index contributed by atoms with van der Waals surface area (Å²) in [6.45, 7) is 4.48. The standard InChI is InChI=1S/C13H13BrF2N2O/c1-7(2)17-5-9-6-19-13(18-9)12-10(15)3-8(14)4-11(12)16/h3-4,6-7,17H,5H2,1-2H3. The number of rotatable bonds is 4. The first kappa shape index (κ1) is 14.1. The van der Waals surface area contributed by atoms with Crippen molar-refractivity contribution in [2.24, 2.45) is 0 Å². The fourth-order valence-electron chi connectivity index (χ4n) is 1.56.